The Hall–Kier alpha value is -4.10. The number of hydrogen-bond donors (Lipinski definition) is 1. The quantitative estimate of drug-likeness (QED) is 0.170. The summed E-state index contributed by atoms with van der Waals surface area (Å²) in [5.41, 5.74) is 12.3. The number of para-hydroxylation sites is 4. The van der Waals surface area contributed by atoms with Crippen molar-refractivity contribution in [3.8, 4) is 0 Å². The summed E-state index contributed by atoms with van der Waals surface area (Å²) in [6.45, 7) is 6.43. The first-order valence-electron chi connectivity index (χ1n) is 9.44. The molecule has 4 aromatic rings. The van der Waals surface area contributed by atoms with E-state index in [1.807, 2.05) is 53.1 Å². The number of azide groups is 1. The van der Waals surface area contributed by atoms with Gasteiger partial charge in [-0.2, -0.15) is 0 Å². The highest BCUT2D eigenvalue weighted by atomic mass is 16.1. The lowest BCUT2D eigenvalue weighted by atomic mass is 10.3. The minimum absolute atomic E-state index is 0.0442. The van der Waals surface area contributed by atoms with Crippen LogP contribution in [0.25, 0.3) is 38.2 Å². The molecular formula is C21H20N8O. The second-order valence-electron chi connectivity index (χ2n) is 6.98. The topological polar surface area (TPSA) is 117 Å². The van der Waals surface area contributed by atoms with Gasteiger partial charge in [0.05, 0.1) is 34.4 Å². The molecule has 0 aliphatic heterocycles. The zero-order valence-corrected chi connectivity index (χ0v) is 16.5. The van der Waals surface area contributed by atoms with E-state index in [2.05, 4.69) is 16.6 Å². The standard InChI is InChI=1S/C21H20N8O/c1-14(2)29-18-10-6-5-9-17(18)28(21(29)30)13-20-24-15-7-3-4-8-16(15)27(20)12-11-19(22)25-26-23/h3-10,22H,1,11-13H2,2H3. The van der Waals surface area contributed by atoms with E-state index >= 15 is 0 Å². The Labute approximate surface area is 171 Å². The number of imidazole rings is 2. The SMILES string of the molecule is C=C(C)n1c(=O)n(Cc2nc3ccccc3n2CCC(=N)N=[N+]=[N-])c2ccccc21. The summed E-state index contributed by atoms with van der Waals surface area (Å²) in [7, 11) is 0. The number of nitrogens with zero attached hydrogens (tertiary/aromatic N) is 7. The van der Waals surface area contributed by atoms with E-state index in [0.717, 1.165) is 22.1 Å². The van der Waals surface area contributed by atoms with Crippen LogP contribution in [-0.2, 0) is 13.1 Å². The Kier molecular flexibility index (Phi) is 4.95. The van der Waals surface area contributed by atoms with Crippen molar-refractivity contribution in [2.24, 2.45) is 5.11 Å². The van der Waals surface area contributed by atoms with E-state index in [9.17, 15) is 4.79 Å². The summed E-state index contributed by atoms with van der Waals surface area (Å²) in [6, 6.07) is 15.3. The van der Waals surface area contributed by atoms with Gasteiger partial charge in [-0.3, -0.25) is 9.13 Å². The van der Waals surface area contributed by atoms with E-state index in [4.69, 9.17) is 15.9 Å². The molecule has 0 spiro atoms. The molecule has 0 bridgehead atoms. The van der Waals surface area contributed by atoms with Crippen molar-refractivity contribution in [1.29, 1.82) is 5.41 Å². The van der Waals surface area contributed by atoms with Gasteiger partial charge in [0.1, 0.15) is 5.82 Å². The van der Waals surface area contributed by atoms with Crippen molar-refractivity contribution in [2.75, 3.05) is 0 Å². The van der Waals surface area contributed by atoms with E-state index in [0.29, 0.717) is 18.1 Å². The van der Waals surface area contributed by atoms with Crippen molar-refractivity contribution in [1.82, 2.24) is 18.7 Å². The van der Waals surface area contributed by atoms with Gasteiger partial charge in [-0.25, -0.2) is 9.78 Å². The first kappa shape index (κ1) is 19.2. The molecule has 150 valence electrons. The van der Waals surface area contributed by atoms with E-state index < -0.39 is 0 Å². The van der Waals surface area contributed by atoms with E-state index in [1.54, 1.807) is 16.1 Å². The van der Waals surface area contributed by atoms with Crippen LogP contribution in [0.5, 0.6) is 0 Å². The maximum Gasteiger partial charge on any atom is 0.333 e. The Morgan fingerprint density at radius 2 is 1.80 bits per heavy atom. The predicted molar refractivity (Wildman–Crippen MR) is 118 cm³/mol. The van der Waals surface area contributed by atoms with Gasteiger partial charge in [0.25, 0.3) is 0 Å². The van der Waals surface area contributed by atoms with Crippen LogP contribution in [0, 0.1) is 5.41 Å². The lowest BCUT2D eigenvalue weighted by Crippen LogP contribution is -2.25. The molecule has 0 aliphatic carbocycles. The number of fused-ring (bicyclic) bond motifs is 2. The average molecular weight is 400 g/mol. The van der Waals surface area contributed by atoms with Gasteiger partial charge < -0.3 is 9.98 Å². The van der Waals surface area contributed by atoms with Gasteiger partial charge in [-0.05, 0) is 41.8 Å². The third-order valence-corrected chi connectivity index (χ3v) is 4.99. The molecule has 30 heavy (non-hydrogen) atoms. The molecule has 2 aromatic heterocycles. The zero-order chi connectivity index (χ0) is 21.3. The van der Waals surface area contributed by atoms with Crippen molar-refractivity contribution in [3.05, 3.63) is 81.9 Å². The first-order chi connectivity index (χ1) is 14.5. The minimum Gasteiger partial charge on any atom is -0.326 e. The van der Waals surface area contributed by atoms with Gasteiger partial charge in [-0.1, -0.05) is 30.8 Å². The normalized spacial score (nSPS) is 11.0. The Morgan fingerprint density at radius 3 is 2.50 bits per heavy atom. The number of aromatic nitrogens is 4. The molecule has 2 heterocycles. The summed E-state index contributed by atoms with van der Waals surface area (Å²) in [5, 5.41) is 11.1. The lowest BCUT2D eigenvalue weighted by molar-refractivity contribution is 0.641. The van der Waals surface area contributed by atoms with Crippen LogP contribution in [0.15, 0.2) is 65.0 Å². The Balaban J connectivity index is 1.83. The number of hydrogen-bond acceptors (Lipinski definition) is 3. The lowest BCUT2D eigenvalue weighted by Gasteiger charge is -2.09. The molecule has 9 heteroatoms. The third-order valence-electron chi connectivity index (χ3n) is 4.99. The van der Waals surface area contributed by atoms with Crippen molar-refractivity contribution in [2.45, 2.75) is 26.4 Å². The van der Waals surface area contributed by atoms with Crippen LogP contribution < -0.4 is 5.69 Å². The molecule has 0 unspecified atom stereocenters. The van der Waals surface area contributed by atoms with Gasteiger partial charge in [0.15, 0.2) is 0 Å². The number of nitrogens with one attached hydrogen (secondary N) is 1. The summed E-state index contributed by atoms with van der Waals surface area (Å²) in [4.78, 5) is 20.6. The molecule has 0 saturated carbocycles. The molecular weight excluding hydrogens is 380 g/mol. The van der Waals surface area contributed by atoms with Crippen LogP contribution in [0.2, 0.25) is 0 Å². The van der Waals surface area contributed by atoms with E-state index in [-0.39, 0.29) is 24.5 Å². The second-order valence-corrected chi connectivity index (χ2v) is 6.98. The molecule has 0 saturated heterocycles. The molecule has 0 aliphatic rings. The fourth-order valence-electron chi connectivity index (χ4n) is 3.69. The average Bonchev–Trinajstić information content (AvgIpc) is 3.21. The maximum absolute atomic E-state index is 13.2. The third kappa shape index (κ3) is 3.27. The van der Waals surface area contributed by atoms with Crippen molar-refractivity contribution < 1.29 is 0 Å². The van der Waals surface area contributed by atoms with Gasteiger partial charge in [0.2, 0.25) is 0 Å². The van der Waals surface area contributed by atoms with Crippen LogP contribution in [0.3, 0.4) is 0 Å². The van der Waals surface area contributed by atoms with Crippen molar-refractivity contribution >= 4 is 33.6 Å². The second kappa shape index (κ2) is 7.73. The number of amidine groups is 1. The highest BCUT2D eigenvalue weighted by Gasteiger charge is 2.17. The fraction of sp³-hybridized carbons (Fsp3) is 0.190. The monoisotopic (exact) mass is 400 g/mol. The maximum atomic E-state index is 13.2. The summed E-state index contributed by atoms with van der Waals surface area (Å²) in [5.74, 6) is 0.647. The van der Waals surface area contributed by atoms with Crippen molar-refractivity contribution in [3.63, 3.8) is 0 Å². The number of benzene rings is 2. The smallest absolute Gasteiger partial charge is 0.326 e. The Bertz CT molecular complexity index is 1400. The fourth-order valence-corrected chi connectivity index (χ4v) is 3.69. The molecule has 9 nitrogen and oxygen atoms in total. The molecule has 0 fully saturated rings. The summed E-state index contributed by atoms with van der Waals surface area (Å²) in [6.07, 6.45) is 0.264. The minimum atomic E-state index is -0.177. The van der Waals surface area contributed by atoms with Gasteiger partial charge >= 0.3 is 5.69 Å². The Morgan fingerprint density at radius 1 is 1.13 bits per heavy atom. The first-order valence-corrected chi connectivity index (χ1v) is 9.44. The summed E-state index contributed by atoms with van der Waals surface area (Å²) >= 11 is 0. The van der Waals surface area contributed by atoms with Crippen LogP contribution >= 0.6 is 0 Å². The highest BCUT2D eigenvalue weighted by molar-refractivity contribution is 5.81. The molecule has 2 aromatic carbocycles. The van der Waals surface area contributed by atoms with E-state index in [1.165, 1.54) is 0 Å². The van der Waals surface area contributed by atoms with Crippen LogP contribution in [0.1, 0.15) is 19.2 Å². The van der Waals surface area contributed by atoms with Gasteiger partial charge in [-0.15, -0.1) is 0 Å². The summed E-state index contributed by atoms with van der Waals surface area (Å²) < 4.78 is 5.25. The zero-order valence-electron chi connectivity index (χ0n) is 16.5. The highest BCUT2D eigenvalue weighted by Crippen LogP contribution is 2.20. The molecule has 0 amide bonds. The predicted octanol–water partition coefficient (Wildman–Crippen LogP) is 4.37. The van der Waals surface area contributed by atoms with Crippen LogP contribution in [-0.4, -0.2) is 24.5 Å². The largest absolute Gasteiger partial charge is 0.333 e. The molecule has 4 rings (SSSR count). The number of rotatable bonds is 6. The number of aryl methyl sites for hydroxylation is 1. The molecule has 1 N–H and O–H groups in total. The van der Waals surface area contributed by atoms with Crippen LogP contribution in [0.4, 0.5) is 0 Å². The number of allylic oxidation sites excluding steroid dienone is 1. The van der Waals surface area contributed by atoms with Gasteiger partial charge in [0, 0.05) is 23.6 Å². The molecule has 0 radical (unpaired) electrons. The molecule has 0 atom stereocenters.